The van der Waals surface area contributed by atoms with Crippen molar-refractivity contribution in [2.75, 3.05) is 25.1 Å². The van der Waals surface area contributed by atoms with E-state index in [2.05, 4.69) is 11.8 Å². The first-order valence-electron chi connectivity index (χ1n) is 6.28. The summed E-state index contributed by atoms with van der Waals surface area (Å²) >= 11 is 0. The molecule has 1 aliphatic heterocycles. The van der Waals surface area contributed by atoms with Gasteiger partial charge in [0.05, 0.1) is 7.11 Å². The van der Waals surface area contributed by atoms with Gasteiger partial charge in [0.1, 0.15) is 11.3 Å². The fourth-order valence-electron chi connectivity index (χ4n) is 2.33. The predicted octanol–water partition coefficient (Wildman–Crippen LogP) is 2.63. The summed E-state index contributed by atoms with van der Waals surface area (Å²) in [6.07, 6.45) is 2.32. The zero-order chi connectivity index (χ0) is 13.1. The predicted molar refractivity (Wildman–Crippen MR) is 70.6 cm³/mol. The van der Waals surface area contributed by atoms with Gasteiger partial charge in [-0.15, -0.1) is 0 Å². The van der Waals surface area contributed by atoms with E-state index in [-0.39, 0.29) is 5.56 Å². The molecule has 18 heavy (non-hydrogen) atoms. The van der Waals surface area contributed by atoms with Crippen molar-refractivity contribution in [2.24, 2.45) is 5.92 Å². The second kappa shape index (κ2) is 5.29. The Bertz CT molecular complexity index is 437. The number of hydrogen-bond acceptors (Lipinski definition) is 3. The average Bonchev–Trinajstić information content (AvgIpc) is 2.39. The summed E-state index contributed by atoms with van der Waals surface area (Å²) in [6, 6.07) is 5.37. The van der Waals surface area contributed by atoms with Gasteiger partial charge in [-0.1, -0.05) is 6.92 Å². The zero-order valence-corrected chi connectivity index (χ0v) is 10.8. The van der Waals surface area contributed by atoms with Crippen LogP contribution in [-0.2, 0) is 0 Å². The van der Waals surface area contributed by atoms with Crippen molar-refractivity contribution >= 4 is 11.7 Å². The van der Waals surface area contributed by atoms with E-state index in [1.54, 1.807) is 12.1 Å². The third kappa shape index (κ3) is 2.58. The third-order valence-electron chi connectivity index (χ3n) is 3.56. The Morgan fingerprint density at radius 1 is 1.39 bits per heavy atom. The SMILES string of the molecule is COc1ccc(N2CCC(C)CC2)cc1C(=O)O. The van der Waals surface area contributed by atoms with Crippen molar-refractivity contribution in [1.29, 1.82) is 0 Å². The lowest BCUT2D eigenvalue weighted by Gasteiger charge is -2.32. The molecular weight excluding hydrogens is 230 g/mol. The molecule has 0 aromatic heterocycles. The van der Waals surface area contributed by atoms with Crippen LogP contribution in [0.2, 0.25) is 0 Å². The molecule has 0 aliphatic carbocycles. The number of rotatable bonds is 3. The Hall–Kier alpha value is -1.71. The molecule has 1 N–H and O–H groups in total. The number of aromatic carboxylic acids is 1. The number of hydrogen-bond donors (Lipinski definition) is 1. The zero-order valence-electron chi connectivity index (χ0n) is 10.8. The molecule has 0 atom stereocenters. The van der Waals surface area contributed by atoms with Gasteiger partial charge in [0.15, 0.2) is 0 Å². The van der Waals surface area contributed by atoms with Gasteiger partial charge in [-0.2, -0.15) is 0 Å². The number of benzene rings is 1. The molecule has 0 bridgehead atoms. The normalized spacial score (nSPS) is 16.7. The van der Waals surface area contributed by atoms with Crippen LogP contribution in [0.25, 0.3) is 0 Å². The number of piperidine rings is 1. The van der Waals surface area contributed by atoms with Crippen molar-refractivity contribution in [3.8, 4) is 5.75 Å². The molecule has 1 aromatic carbocycles. The summed E-state index contributed by atoms with van der Waals surface area (Å²) < 4.78 is 5.07. The van der Waals surface area contributed by atoms with Gasteiger partial charge in [0.2, 0.25) is 0 Å². The standard InChI is InChI=1S/C14H19NO3/c1-10-5-7-15(8-6-10)11-3-4-13(18-2)12(9-11)14(16)17/h3-4,9-10H,5-8H2,1-2H3,(H,16,17). The minimum absolute atomic E-state index is 0.230. The monoisotopic (exact) mass is 249 g/mol. The van der Waals surface area contributed by atoms with E-state index in [9.17, 15) is 4.79 Å². The molecule has 1 saturated heterocycles. The van der Waals surface area contributed by atoms with Crippen LogP contribution in [0.15, 0.2) is 18.2 Å². The van der Waals surface area contributed by atoms with Gasteiger partial charge in [0.25, 0.3) is 0 Å². The van der Waals surface area contributed by atoms with Crippen LogP contribution in [0.5, 0.6) is 5.75 Å². The van der Waals surface area contributed by atoms with Gasteiger partial charge in [-0.25, -0.2) is 4.79 Å². The number of ether oxygens (including phenoxy) is 1. The van der Waals surface area contributed by atoms with Gasteiger partial charge in [-0.3, -0.25) is 0 Å². The second-order valence-electron chi connectivity index (χ2n) is 4.86. The average molecular weight is 249 g/mol. The van der Waals surface area contributed by atoms with Gasteiger partial charge >= 0.3 is 5.97 Å². The number of carboxylic acid groups (broad SMARTS) is 1. The highest BCUT2D eigenvalue weighted by Gasteiger charge is 2.18. The van der Waals surface area contributed by atoms with Crippen LogP contribution in [0.3, 0.4) is 0 Å². The maximum atomic E-state index is 11.2. The Morgan fingerprint density at radius 3 is 2.61 bits per heavy atom. The number of methoxy groups -OCH3 is 1. The quantitative estimate of drug-likeness (QED) is 0.894. The summed E-state index contributed by atoms with van der Waals surface area (Å²) in [4.78, 5) is 13.4. The van der Waals surface area contributed by atoms with E-state index >= 15 is 0 Å². The lowest BCUT2D eigenvalue weighted by Crippen LogP contribution is -2.32. The lowest BCUT2D eigenvalue weighted by molar-refractivity contribution is 0.0693. The maximum absolute atomic E-state index is 11.2. The molecule has 4 nitrogen and oxygen atoms in total. The van der Waals surface area contributed by atoms with Crippen LogP contribution in [-0.4, -0.2) is 31.3 Å². The molecule has 98 valence electrons. The van der Waals surface area contributed by atoms with Crippen LogP contribution in [0, 0.1) is 5.92 Å². The molecule has 1 aromatic rings. The molecular formula is C14H19NO3. The summed E-state index contributed by atoms with van der Waals surface area (Å²) in [5.41, 5.74) is 1.20. The largest absolute Gasteiger partial charge is 0.496 e. The molecule has 1 heterocycles. The number of anilines is 1. The Labute approximate surface area is 107 Å². The second-order valence-corrected chi connectivity index (χ2v) is 4.86. The summed E-state index contributed by atoms with van der Waals surface area (Å²) in [6.45, 7) is 4.24. The summed E-state index contributed by atoms with van der Waals surface area (Å²) in [5, 5.41) is 9.16. The highest BCUT2D eigenvalue weighted by Crippen LogP contribution is 2.28. The van der Waals surface area contributed by atoms with Gasteiger partial charge < -0.3 is 14.7 Å². The van der Waals surface area contributed by atoms with E-state index in [1.807, 2.05) is 6.07 Å². The molecule has 1 fully saturated rings. The van der Waals surface area contributed by atoms with E-state index < -0.39 is 5.97 Å². The molecule has 0 amide bonds. The van der Waals surface area contributed by atoms with Crippen molar-refractivity contribution < 1.29 is 14.6 Å². The minimum atomic E-state index is -0.945. The smallest absolute Gasteiger partial charge is 0.339 e. The fraction of sp³-hybridized carbons (Fsp3) is 0.500. The van der Waals surface area contributed by atoms with E-state index in [0.717, 1.165) is 37.5 Å². The summed E-state index contributed by atoms with van der Waals surface area (Å²) in [5.74, 6) is 0.231. The first kappa shape index (κ1) is 12.7. The van der Waals surface area contributed by atoms with Crippen LogP contribution >= 0.6 is 0 Å². The Morgan fingerprint density at radius 2 is 2.06 bits per heavy atom. The third-order valence-corrected chi connectivity index (χ3v) is 3.56. The lowest BCUT2D eigenvalue weighted by atomic mass is 9.98. The highest BCUT2D eigenvalue weighted by molar-refractivity contribution is 5.92. The first-order chi connectivity index (χ1) is 8.61. The molecule has 0 spiro atoms. The van der Waals surface area contributed by atoms with Gasteiger partial charge in [0, 0.05) is 18.8 Å². The van der Waals surface area contributed by atoms with E-state index in [4.69, 9.17) is 9.84 Å². The molecule has 2 rings (SSSR count). The molecule has 0 radical (unpaired) electrons. The van der Waals surface area contributed by atoms with E-state index in [1.165, 1.54) is 7.11 Å². The molecule has 0 saturated carbocycles. The van der Waals surface area contributed by atoms with Crippen molar-refractivity contribution in [3.63, 3.8) is 0 Å². The van der Waals surface area contributed by atoms with Crippen LogP contribution in [0.1, 0.15) is 30.1 Å². The van der Waals surface area contributed by atoms with Crippen LogP contribution in [0.4, 0.5) is 5.69 Å². The topological polar surface area (TPSA) is 49.8 Å². The van der Waals surface area contributed by atoms with Crippen molar-refractivity contribution in [2.45, 2.75) is 19.8 Å². The molecule has 1 aliphatic rings. The highest BCUT2D eigenvalue weighted by atomic mass is 16.5. The molecule has 0 unspecified atom stereocenters. The van der Waals surface area contributed by atoms with Crippen LogP contribution < -0.4 is 9.64 Å². The number of carboxylic acids is 1. The molecule has 4 heteroatoms. The van der Waals surface area contributed by atoms with Crippen molar-refractivity contribution in [3.05, 3.63) is 23.8 Å². The minimum Gasteiger partial charge on any atom is -0.496 e. The van der Waals surface area contributed by atoms with Gasteiger partial charge in [-0.05, 0) is 37.0 Å². The number of carbonyl (C=O) groups is 1. The number of nitrogens with zero attached hydrogens (tertiary/aromatic N) is 1. The van der Waals surface area contributed by atoms with Crippen molar-refractivity contribution in [1.82, 2.24) is 0 Å². The Balaban J connectivity index is 2.24. The first-order valence-corrected chi connectivity index (χ1v) is 6.28. The fourth-order valence-corrected chi connectivity index (χ4v) is 2.33. The maximum Gasteiger partial charge on any atom is 0.339 e. The Kier molecular flexibility index (Phi) is 3.75. The van der Waals surface area contributed by atoms with E-state index in [0.29, 0.717) is 5.75 Å². The summed E-state index contributed by atoms with van der Waals surface area (Å²) in [7, 11) is 1.49.